The van der Waals surface area contributed by atoms with Crippen molar-refractivity contribution >= 4 is 0 Å². The molecule has 0 aromatic heterocycles. The fourth-order valence-corrected chi connectivity index (χ4v) is 2.88. The molecule has 1 aromatic carbocycles. The summed E-state index contributed by atoms with van der Waals surface area (Å²) in [6.45, 7) is 1.58. The van der Waals surface area contributed by atoms with Crippen molar-refractivity contribution in [2.24, 2.45) is 5.73 Å². The van der Waals surface area contributed by atoms with Gasteiger partial charge < -0.3 is 15.2 Å². The van der Waals surface area contributed by atoms with Crippen LogP contribution in [0.3, 0.4) is 0 Å². The lowest BCUT2D eigenvalue weighted by Gasteiger charge is -2.26. The molecule has 1 fully saturated rings. The van der Waals surface area contributed by atoms with Gasteiger partial charge in [0, 0.05) is 12.6 Å². The summed E-state index contributed by atoms with van der Waals surface area (Å²) in [5.41, 5.74) is 8.83. The first-order chi connectivity index (χ1) is 8.83. The van der Waals surface area contributed by atoms with Gasteiger partial charge in [0.25, 0.3) is 0 Å². The Morgan fingerprint density at radius 3 is 3.00 bits per heavy atom. The molecule has 98 valence electrons. The lowest BCUT2D eigenvalue weighted by molar-refractivity contribution is 0.00737. The fourth-order valence-electron chi connectivity index (χ4n) is 2.88. The maximum atomic E-state index is 6.17. The van der Waals surface area contributed by atoms with Gasteiger partial charge in [-0.15, -0.1) is 0 Å². The zero-order chi connectivity index (χ0) is 12.4. The smallest absolute Gasteiger partial charge is 0.122 e. The second-order valence-electron chi connectivity index (χ2n) is 5.32. The molecule has 1 aliphatic heterocycles. The molecular weight excluding hydrogens is 226 g/mol. The average Bonchev–Trinajstić information content (AvgIpc) is 2.41. The molecule has 3 heteroatoms. The number of hydrogen-bond acceptors (Lipinski definition) is 3. The second-order valence-corrected chi connectivity index (χ2v) is 5.32. The maximum Gasteiger partial charge on any atom is 0.122 e. The number of fused-ring (bicyclic) bond motifs is 1. The zero-order valence-electron chi connectivity index (χ0n) is 10.7. The molecule has 2 N–H and O–H groups in total. The van der Waals surface area contributed by atoms with Crippen LogP contribution in [0.4, 0.5) is 0 Å². The van der Waals surface area contributed by atoms with E-state index in [1.807, 2.05) is 0 Å². The highest BCUT2D eigenvalue weighted by Gasteiger charge is 2.19. The third-order valence-corrected chi connectivity index (χ3v) is 3.90. The van der Waals surface area contributed by atoms with E-state index in [-0.39, 0.29) is 12.1 Å². The van der Waals surface area contributed by atoms with Crippen molar-refractivity contribution in [2.45, 2.75) is 44.2 Å². The Kier molecular flexibility index (Phi) is 3.52. The Morgan fingerprint density at radius 2 is 2.17 bits per heavy atom. The molecule has 1 heterocycles. The Balaban J connectivity index is 1.74. The molecular formula is C15H21NO2. The van der Waals surface area contributed by atoms with Crippen LogP contribution in [0.1, 0.15) is 42.9 Å². The third kappa shape index (κ3) is 2.52. The maximum absolute atomic E-state index is 6.17. The van der Waals surface area contributed by atoms with E-state index in [4.69, 9.17) is 15.2 Å². The van der Waals surface area contributed by atoms with Crippen molar-refractivity contribution in [1.82, 2.24) is 0 Å². The number of benzene rings is 1. The minimum Gasteiger partial charge on any atom is -0.488 e. The Morgan fingerprint density at radius 1 is 1.22 bits per heavy atom. The molecule has 0 amide bonds. The van der Waals surface area contributed by atoms with Crippen LogP contribution in [0.2, 0.25) is 0 Å². The van der Waals surface area contributed by atoms with Crippen molar-refractivity contribution in [1.29, 1.82) is 0 Å². The zero-order valence-corrected chi connectivity index (χ0v) is 10.7. The van der Waals surface area contributed by atoms with E-state index in [0.717, 1.165) is 38.0 Å². The second kappa shape index (κ2) is 5.29. The van der Waals surface area contributed by atoms with E-state index in [1.165, 1.54) is 17.5 Å². The molecule has 3 nitrogen and oxygen atoms in total. The highest BCUT2D eigenvalue weighted by Crippen LogP contribution is 2.31. The number of rotatable bonds is 2. The van der Waals surface area contributed by atoms with Crippen molar-refractivity contribution in [3.63, 3.8) is 0 Å². The van der Waals surface area contributed by atoms with E-state index in [9.17, 15) is 0 Å². The molecule has 0 radical (unpaired) electrons. The van der Waals surface area contributed by atoms with Crippen LogP contribution in [0.25, 0.3) is 0 Å². The van der Waals surface area contributed by atoms with Crippen LogP contribution >= 0.6 is 0 Å². The van der Waals surface area contributed by atoms with E-state index < -0.39 is 0 Å². The van der Waals surface area contributed by atoms with Crippen LogP contribution in [0.15, 0.2) is 18.2 Å². The first-order valence-electron chi connectivity index (χ1n) is 6.96. The number of nitrogens with two attached hydrogens (primary N) is 1. The number of ether oxygens (including phenoxy) is 2. The standard InChI is InChI=1S/C15H21NO2/c16-15-5-1-3-11-6-7-12(9-14(11)15)18-13-4-2-8-17-10-13/h6-7,9,13,15H,1-5,8,10,16H2/t13?,15-/m1/s1. The summed E-state index contributed by atoms with van der Waals surface area (Å²) in [6, 6.07) is 6.56. The number of hydrogen-bond donors (Lipinski definition) is 1. The van der Waals surface area contributed by atoms with Gasteiger partial charge in [0.05, 0.1) is 6.61 Å². The quantitative estimate of drug-likeness (QED) is 0.873. The van der Waals surface area contributed by atoms with Crippen LogP contribution in [0, 0.1) is 0 Å². The van der Waals surface area contributed by atoms with E-state index in [2.05, 4.69) is 18.2 Å². The number of aryl methyl sites for hydroxylation is 1. The lowest BCUT2D eigenvalue weighted by atomic mass is 9.88. The minimum atomic E-state index is 0.180. The summed E-state index contributed by atoms with van der Waals surface area (Å²) in [5.74, 6) is 0.946. The lowest BCUT2D eigenvalue weighted by Crippen LogP contribution is -2.28. The molecule has 0 spiro atoms. The van der Waals surface area contributed by atoms with Crippen molar-refractivity contribution in [3.8, 4) is 5.75 Å². The van der Waals surface area contributed by atoms with Crippen LogP contribution < -0.4 is 10.5 Å². The largest absolute Gasteiger partial charge is 0.488 e. The summed E-state index contributed by atoms with van der Waals surface area (Å²) in [6.07, 6.45) is 5.82. The highest BCUT2D eigenvalue weighted by atomic mass is 16.5. The normalized spacial score (nSPS) is 27.6. The van der Waals surface area contributed by atoms with Gasteiger partial charge in [0.2, 0.25) is 0 Å². The van der Waals surface area contributed by atoms with Gasteiger partial charge >= 0.3 is 0 Å². The summed E-state index contributed by atoms with van der Waals surface area (Å²) < 4.78 is 11.4. The predicted molar refractivity (Wildman–Crippen MR) is 70.8 cm³/mol. The third-order valence-electron chi connectivity index (χ3n) is 3.90. The Labute approximate surface area is 108 Å². The minimum absolute atomic E-state index is 0.180. The van der Waals surface area contributed by atoms with E-state index in [0.29, 0.717) is 6.61 Å². The highest BCUT2D eigenvalue weighted by molar-refractivity contribution is 5.39. The molecule has 1 aliphatic carbocycles. The summed E-state index contributed by atoms with van der Waals surface area (Å²) in [5, 5.41) is 0. The molecule has 1 unspecified atom stereocenters. The van der Waals surface area contributed by atoms with Gasteiger partial charge in [-0.2, -0.15) is 0 Å². The topological polar surface area (TPSA) is 44.5 Å². The van der Waals surface area contributed by atoms with E-state index >= 15 is 0 Å². The molecule has 2 aliphatic rings. The van der Waals surface area contributed by atoms with Crippen LogP contribution in [-0.4, -0.2) is 19.3 Å². The molecule has 0 saturated carbocycles. The molecule has 2 atom stereocenters. The molecule has 0 bridgehead atoms. The van der Waals surface area contributed by atoms with Crippen LogP contribution in [0.5, 0.6) is 5.75 Å². The van der Waals surface area contributed by atoms with Gasteiger partial charge in [-0.25, -0.2) is 0 Å². The fraction of sp³-hybridized carbons (Fsp3) is 0.600. The van der Waals surface area contributed by atoms with Crippen LogP contribution in [-0.2, 0) is 11.2 Å². The van der Waals surface area contributed by atoms with Gasteiger partial charge in [-0.05, 0) is 55.4 Å². The molecule has 3 rings (SSSR count). The first-order valence-corrected chi connectivity index (χ1v) is 6.96. The Hall–Kier alpha value is -1.06. The molecule has 18 heavy (non-hydrogen) atoms. The first kappa shape index (κ1) is 12.0. The van der Waals surface area contributed by atoms with Crippen molar-refractivity contribution in [2.75, 3.05) is 13.2 Å². The SMILES string of the molecule is N[C@@H]1CCCc2ccc(OC3CCCOC3)cc21. The van der Waals surface area contributed by atoms with Crippen molar-refractivity contribution < 1.29 is 9.47 Å². The van der Waals surface area contributed by atoms with Gasteiger partial charge in [0.1, 0.15) is 11.9 Å². The average molecular weight is 247 g/mol. The van der Waals surface area contributed by atoms with E-state index in [1.54, 1.807) is 0 Å². The van der Waals surface area contributed by atoms with Gasteiger partial charge in [-0.3, -0.25) is 0 Å². The van der Waals surface area contributed by atoms with Gasteiger partial charge in [-0.1, -0.05) is 6.07 Å². The molecule has 1 saturated heterocycles. The van der Waals surface area contributed by atoms with Gasteiger partial charge in [0.15, 0.2) is 0 Å². The monoisotopic (exact) mass is 247 g/mol. The summed E-state index contributed by atoms with van der Waals surface area (Å²) in [4.78, 5) is 0. The molecule has 1 aromatic rings. The summed E-state index contributed by atoms with van der Waals surface area (Å²) >= 11 is 0. The summed E-state index contributed by atoms with van der Waals surface area (Å²) in [7, 11) is 0. The van der Waals surface area contributed by atoms with Crippen molar-refractivity contribution in [3.05, 3.63) is 29.3 Å². The predicted octanol–water partition coefficient (Wildman–Crippen LogP) is 2.58. The Bertz CT molecular complexity index is 413.